The standard InChI is InChI=1S/C20H24O5/c1-13(7-14-4-6-18-20(10-14)25-12-24-18)16(11-21)8-15-3-5-17(22)19(9-15)23-2/h3-6,9-10,13,16,21-22H,7-8,11-12H2,1-2H3/t13-,16-/m1/s1. The molecule has 0 spiro atoms. The van der Waals surface area contributed by atoms with Gasteiger partial charge in [0.05, 0.1) is 7.11 Å². The quantitative estimate of drug-likeness (QED) is 0.807. The second-order valence-corrected chi connectivity index (χ2v) is 6.52. The lowest BCUT2D eigenvalue weighted by Crippen LogP contribution is -2.20. The van der Waals surface area contributed by atoms with Gasteiger partial charge < -0.3 is 24.4 Å². The normalized spacial score (nSPS) is 15.0. The Bertz CT molecular complexity index is 728. The van der Waals surface area contributed by atoms with Crippen molar-refractivity contribution in [3.63, 3.8) is 0 Å². The van der Waals surface area contributed by atoms with E-state index in [1.807, 2.05) is 30.3 Å². The highest BCUT2D eigenvalue weighted by atomic mass is 16.7. The summed E-state index contributed by atoms with van der Waals surface area (Å²) in [6.45, 7) is 2.52. The van der Waals surface area contributed by atoms with E-state index in [9.17, 15) is 10.2 Å². The summed E-state index contributed by atoms with van der Waals surface area (Å²) in [5.41, 5.74) is 2.20. The van der Waals surface area contributed by atoms with E-state index in [1.165, 1.54) is 12.7 Å². The van der Waals surface area contributed by atoms with E-state index in [-0.39, 0.29) is 31.0 Å². The molecule has 1 aliphatic rings. The first-order valence-corrected chi connectivity index (χ1v) is 8.46. The Balaban J connectivity index is 1.67. The Kier molecular flexibility index (Phi) is 5.34. The number of fused-ring (bicyclic) bond motifs is 1. The fourth-order valence-corrected chi connectivity index (χ4v) is 3.20. The van der Waals surface area contributed by atoms with Crippen LogP contribution >= 0.6 is 0 Å². The van der Waals surface area contributed by atoms with Gasteiger partial charge in [-0.3, -0.25) is 0 Å². The highest BCUT2D eigenvalue weighted by Gasteiger charge is 2.20. The summed E-state index contributed by atoms with van der Waals surface area (Å²) >= 11 is 0. The first-order valence-electron chi connectivity index (χ1n) is 8.46. The molecule has 0 saturated heterocycles. The fraction of sp³-hybridized carbons (Fsp3) is 0.400. The maximum absolute atomic E-state index is 9.85. The molecule has 134 valence electrons. The van der Waals surface area contributed by atoms with Gasteiger partial charge in [-0.25, -0.2) is 0 Å². The summed E-state index contributed by atoms with van der Waals surface area (Å²) in [4.78, 5) is 0. The molecule has 0 unspecified atom stereocenters. The van der Waals surface area contributed by atoms with Crippen LogP contribution in [0.4, 0.5) is 0 Å². The van der Waals surface area contributed by atoms with E-state index >= 15 is 0 Å². The summed E-state index contributed by atoms with van der Waals surface area (Å²) in [7, 11) is 1.53. The Morgan fingerprint density at radius 2 is 1.76 bits per heavy atom. The van der Waals surface area contributed by atoms with Crippen molar-refractivity contribution < 1.29 is 24.4 Å². The lowest BCUT2D eigenvalue weighted by Gasteiger charge is -2.22. The van der Waals surface area contributed by atoms with Gasteiger partial charge >= 0.3 is 0 Å². The number of hydrogen-bond donors (Lipinski definition) is 2. The Morgan fingerprint density at radius 3 is 2.52 bits per heavy atom. The van der Waals surface area contributed by atoms with Gasteiger partial charge in [-0.1, -0.05) is 19.1 Å². The second-order valence-electron chi connectivity index (χ2n) is 6.52. The van der Waals surface area contributed by atoms with Crippen LogP contribution in [0.2, 0.25) is 0 Å². The molecule has 2 atom stereocenters. The predicted octanol–water partition coefficient (Wildman–Crippen LogP) is 3.16. The summed E-state index contributed by atoms with van der Waals surface area (Å²) in [6, 6.07) is 11.3. The number of aliphatic hydroxyl groups excluding tert-OH is 1. The predicted molar refractivity (Wildman–Crippen MR) is 94.4 cm³/mol. The minimum atomic E-state index is 0.106. The average Bonchev–Trinajstić information content (AvgIpc) is 3.08. The Hall–Kier alpha value is -2.40. The molecule has 0 aromatic heterocycles. The van der Waals surface area contributed by atoms with Crippen LogP contribution in [0.15, 0.2) is 36.4 Å². The molecule has 1 heterocycles. The molecule has 5 nitrogen and oxygen atoms in total. The zero-order chi connectivity index (χ0) is 17.8. The minimum absolute atomic E-state index is 0.106. The van der Waals surface area contributed by atoms with Crippen LogP contribution in [0.5, 0.6) is 23.0 Å². The molecule has 3 rings (SSSR count). The number of ether oxygens (including phenoxy) is 3. The van der Waals surface area contributed by atoms with Crippen LogP contribution in [0.3, 0.4) is 0 Å². The molecule has 0 saturated carbocycles. The van der Waals surface area contributed by atoms with E-state index in [0.717, 1.165) is 29.9 Å². The smallest absolute Gasteiger partial charge is 0.231 e. The molecule has 0 bridgehead atoms. The lowest BCUT2D eigenvalue weighted by molar-refractivity contribution is 0.173. The van der Waals surface area contributed by atoms with E-state index < -0.39 is 0 Å². The fourth-order valence-electron chi connectivity index (χ4n) is 3.20. The summed E-state index contributed by atoms with van der Waals surface area (Å²) in [5.74, 6) is 2.54. The van der Waals surface area contributed by atoms with Crippen LogP contribution in [0.1, 0.15) is 18.1 Å². The van der Waals surface area contributed by atoms with Crippen molar-refractivity contribution in [2.45, 2.75) is 19.8 Å². The topological polar surface area (TPSA) is 68.2 Å². The third-order valence-electron chi connectivity index (χ3n) is 4.78. The van der Waals surface area contributed by atoms with Crippen molar-refractivity contribution >= 4 is 0 Å². The number of rotatable bonds is 7. The van der Waals surface area contributed by atoms with Gasteiger partial charge in [-0.05, 0) is 60.1 Å². The van der Waals surface area contributed by atoms with Gasteiger partial charge in [-0.15, -0.1) is 0 Å². The van der Waals surface area contributed by atoms with Crippen molar-refractivity contribution in [2.24, 2.45) is 11.8 Å². The number of phenolic OH excluding ortho intramolecular Hbond substituents is 1. The van der Waals surface area contributed by atoms with Crippen LogP contribution < -0.4 is 14.2 Å². The van der Waals surface area contributed by atoms with E-state index in [4.69, 9.17) is 14.2 Å². The van der Waals surface area contributed by atoms with Gasteiger partial charge in [0.25, 0.3) is 0 Å². The first kappa shape index (κ1) is 17.4. The molecule has 2 aromatic rings. The third-order valence-corrected chi connectivity index (χ3v) is 4.78. The molecule has 0 fully saturated rings. The first-order chi connectivity index (χ1) is 12.1. The zero-order valence-corrected chi connectivity index (χ0v) is 14.6. The number of aromatic hydroxyl groups is 1. The van der Waals surface area contributed by atoms with Crippen molar-refractivity contribution in [1.29, 1.82) is 0 Å². The highest BCUT2D eigenvalue weighted by Crippen LogP contribution is 2.34. The largest absolute Gasteiger partial charge is 0.504 e. The van der Waals surface area contributed by atoms with E-state index in [2.05, 4.69) is 6.92 Å². The number of phenols is 1. The number of methoxy groups -OCH3 is 1. The molecule has 0 radical (unpaired) electrons. The molecular weight excluding hydrogens is 320 g/mol. The molecule has 2 aromatic carbocycles. The van der Waals surface area contributed by atoms with Crippen molar-refractivity contribution in [3.8, 4) is 23.0 Å². The van der Waals surface area contributed by atoms with Crippen LogP contribution in [0.25, 0.3) is 0 Å². The zero-order valence-electron chi connectivity index (χ0n) is 14.6. The summed E-state index contributed by atoms with van der Waals surface area (Å²) in [5, 5.41) is 19.6. The molecule has 0 aliphatic carbocycles. The summed E-state index contributed by atoms with van der Waals surface area (Å²) < 4.78 is 15.9. The summed E-state index contributed by atoms with van der Waals surface area (Å²) in [6.07, 6.45) is 1.57. The lowest BCUT2D eigenvalue weighted by atomic mass is 9.84. The SMILES string of the molecule is COc1cc(C[C@H](CO)[C@H](C)Cc2ccc3c(c2)OCO3)ccc1O. The van der Waals surface area contributed by atoms with Gasteiger partial charge in [-0.2, -0.15) is 0 Å². The third kappa shape index (κ3) is 3.99. The van der Waals surface area contributed by atoms with Crippen LogP contribution in [-0.4, -0.2) is 30.7 Å². The average molecular weight is 344 g/mol. The van der Waals surface area contributed by atoms with Crippen molar-refractivity contribution in [1.82, 2.24) is 0 Å². The van der Waals surface area contributed by atoms with Crippen LogP contribution in [-0.2, 0) is 12.8 Å². The van der Waals surface area contributed by atoms with Crippen molar-refractivity contribution in [3.05, 3.63) is 47.5 Å². The second kappa shape index (κ2) is 7.66. The van der Waals surface area contributed by atoms with Crippen molar-refractivity contribution in [2.75, 3.05) is 20.5 Å². The van der Waals surface area contributed by atoms with Gasteiger partial charge in [0, 0.05) is 6.61 Å². The number of aliphatic hydroxyl groups is 1. The minimum Gasteiger partial charge on any atom is -0.504 e. The van der Waals surface area contributed by atoms with E-state index in [1.54, 1.807) is 6.07 Å². The maximum Gasteiger partial charge on any atom is 0.231 e. The molecule has 25 heavy (non-hydrogen) atoms. The van der Waals surface area contributed by atoms with Gasteiger partial charge in [0.1, 0.15) is 0 Å². The van der Waals surface area contributed by atoms with Gasteiger partial charge in [0.15, 0.2) is 23.0 Å². The molecule has 0 amide bonds. The molecule has 2 N–H and O–H groups in total. The Morgan fingerprint density at radius 1 is 1.04 bits per heavy atom. The van der Waals surface area contributed by atoms with Gasteiger partial charge in [0.2, 0.25) is 6.79 Å². The molecule has 5 heteroatoms. The number of benzene rings is 2. The maximum atomic E-state index is 9.85. The Labute approximate surface area is 147 Å². The molecular formula is C20H24O5. The number of hydrogen-bond acceptors (Lipinski definition) is 5. The van der Waals surface area contributed by atoms with E-state index in [0.29, 0.717) is 5.75 Å². The van der Waals surface area contributed by atoms with Crippen LogP contribution in [0, 0.1) is 11.8 Å². The molecule has 1 aliphatic heterocycles. The highest BCUT2D eigenvalue weighted by molar-refractivity contribution is 5.44. The monoisotopic (exact) mass is 344 g/mol.